The van der Waals surface area contributed by atoms with Gasteiger partial charge in [-0.3, -0.25) is 4.79 Å². The van der Waals surface area contributed by atoms with Crippen molar-refractivity contribution in [2.45, 2.75) is 25.9 Å². The number of rotatable bonds is 5. The minimum absolute atomic E-state index is 0.0823. The third-order valence-electron chi connectivity index (χ3n) is 4.25. The number of hydrogen-bond donors (Lipinski definition) is 2. The molecule has 8 heteroatoms. The lowest BCUT2D eigenvalue weighted by atomic mass is 9.79. The van der Waals surface area contributed by atoms with Crippen LogP contribution < -0.4 is 15.8 Å². The van der Waals surface area contributed by atoms with Gasteiger partial charge in [-0.1, -0.05) is 6.07 Å². The second-order valence-electron chi connectivity index (χ2n) is 5.88. The summed E-state index contributed by atoms with van der Waals surface area (Å²) in [5, 5.41) is 2.77. The van der Waals surface area contributed by atoms with Crippen molar-refractivity contribution < 1.29 is 27.4 Å². The summed E-state index contributed by atoms with van der Waals surface area (Å²) in [4.78, 5) is 12.6. The minimum atomic E-state index is -4.42. The van der Waals surface area contributed by atoms with E-state index in [4.69, 9.17) is 15.2 Å². The second kappa shape index (κ2) is 7.40. The summed E-state index contributed by atoms with van der Waals surface area (Å²) in [6.45, 7) is 1.32. The Labute approximate surface area is 138 Å². The van der Waals surface area contributed by atoms with Gasteiger partial charge in [0.05, 0.1) is 5.41 Å². The summed E-state index contributed by atoms with van der Waals surface area (Å²) >= 11 is 0. The largest absolute Gasteiger partial charge is 0.484 e. The van der Waals surface area contributed by atoms with E-state index in [2.05, 4.69) is 5.32 Å². The summed E-state index contributed by atoms with van der Waals surface area (Å²) in [7, 11) is 0. The monoisotopic (exact) mass is 346 g/mol. The van der Waals surface area contributed by atoms with E-state index in [1.165, 1.54) is 12.1 Å². The zero-order valence-electron chi connectivity index (χ0n) is 13.4. The first-order valence-electron chi connectivity index (χ1n) is 7.66. The maximum absolute atomic E-state index is 12.6. The molecule has 24 heavy (non-hydrogen) atoms. The van der Waals surface area contributed by atoms with Crippen molar-refractivity contribution in [3.8, 4) is 5.75 Å². The molecule has 0 saturated carbocycles. The highest BCUT2D eigenvalue weighted by molar-refractivity contribution is 5.96. The standard InChI is InChI=1S/C16H21F3N2O3/c1-11-12(3-2-4-13(11)24-10-16(17,18)19)21-14(22)15(9-20)5-7-23-8-6-15/h2-4H,5-10,20H2,1H3,(H,21,22). The fourth-order valence-electron chi connectivity index (χ4n) is 2.61. The molecule has 3 N–H and O–H groups in total. The molecule has 0 unspecified atom stereocenters. The molecule has 0 bridgehead atoms. The molecule has 134 valence electrons. The van der Waals surface area contributed by atoms with Gasteiger partial charge in [-0.15, -0.1) is 0 Å². The van der Waals surface area contributed by atoms with Crippen LogP contribution in [0.25, 0.3) is 0 Å². The first-order chi connectivity index (χ1) is 11.3. The molecule has 1 heterocycles. The minimum Gasteiger partial charge on any atom is -0.484 e. The molecule has 0 aliphatic carbocycles. The molecule has 0 aromatic heterocycles. The van der Waals surface area contributed by atoms with Crippen LogP contribution in [-0.2, 0) is 9.53 Å². The summed E-state index contributed by atoms with van der Waals surface area (Å²) in [5.74, 6) is -0.164. The zero-order valence-corrected chi connectivity index (χ0v) is 13.4. The molecular weight excluding hydrogens is 325 g/mol. The van der Waals surface area contributed by atoms with Gasteiger partial charge in [-0.2, -0.15) is 13.2 Å². The highest BCUT2D eigenvalue weighted by Gasteiger charge is 2.39. The van der Waals surface area contributed by atoms with Crippen LogP contribution in [0.5, 0.6) is 5.75 Å². The molecule has 1 aliphatic heterocycles. The van der Waals surface area contributed by atoms with Crippen molar-refractivity contribution in [1.29, 1.82) is 0 Å². The van der Waals surface area contributed by atoms with Crippen LogP contribution in [0.1, 0.15) is 18.4 Å². The Kier molecular flexibility index (Phi) is 5.71. The zero-order chi connectivity index (χ0) is 17.8. The predicted molar refractivity (Wildman–Crippen MR) is 82.9 cm³/mol. The molecule has 0 radical (unpaired) electrons. The third kappa shape index (κ3) is 4.39. The Balaban J connectivity index is 2.13. The molecule has 1 aromatic rings. The lowest BCUT2D eigenvalue weighted by Gasteiger charge is -2.34. The van der Waals surface area contributed by atoms with Gasteiger partial charge in [0.15, 0.2) is 6.61 Å². The Morgan fingerprint density at radius 3 is 2.62 bits per heavy atom. The molecule has 1 aromatic carbocycles. The molecule has 5 nitrogen and oxygen atoms in total. The van der Waals surface area contributed by atoms with E-state index in [9.17, 15) is 18.0 Å². The Bertz CT molecular complexity index is 584. The van der Waals surface area contributed by atoms with Gasteiger partial charge in [-0.05, 0) is 31.9 Å². The molecule has 0 atom stereocenters. The van der Waals surface area contributed by atoms with Crippen LogP contribution in [0, 0.1) is 12.3 Å². The number of anilines is 1. The fourth-order valence-corrected chi connectivity index (χ4v) is 2.61. The number of benzene rings is 1. The van der Waals surface area contributed by atoms with Crippen LogP contribution in [-0.4, -0.2) is 38.4 Å². The SMILES string of the molecule is Cc1c(NC(=O)C2(CN)CCOCC2)cccc1OCC(F)(F)F. The topological polar surface area (TPSA) is 73.6 Å². The van der Waals surface area contributed by atoms with Gasteiger partial charge < -0.3 is 20.5 Å². The molecule has 1 aliphatic rings. The maximum atomic E-state index is 12.6. The van der Waals surface area contributed by atoms with Crippen molar-refractivity contribution in [3.63, 3.8) is 0 Å². The Hall–Kier alpha value is -1.80. The van der Waals surface area contributed by atoms with Crippen LogP contribution >= 0.6 is 0 Å². The van der Waals surface area contributed by atoms with Crippen molar-refractivity contribution in [2.75, 3.05) is 31.7 Å². The van der Waals surface area contributed by atoms with Crippen LogP contribution in [0.4, 0.5) is 18.9 Å². The van der Waals surface area contributed by atoms with E-state index < -0.39 is 18.2 Å². The van der Waals surface area contributed by atoms with Crippen molar-refractivity contribution >= 4 is 11.6 Å². The summed E-state index contributed by atoms with van der Waals surface area (Å²) in [6, 6.07) is 4.59. The predicted octanol–water partition coefficient (Wildman–Crippen LogP) is 2.63. The average Bonchev–Trinajstić information content (AvgIpc) is 2.55. The van der Waals surface area contributed by atoms with E-state index in [-0.39, 0.29) is 18.2 Å². The Morgan fingerprint density at radius 1 is 1.38 bits per heavy atom. The molecule has 1 amide bonds. The highest BCUT2D eigenvalue weighted by atomic mass is 19.4. The molecule has 2 rings (SSSR count). The van der Waals surface area contributed by atoms with E-state index in [1.807, 2.05) is 0 Å². The number of amides is 1. The van der Waals surface area contributed by atoms with E-state index >= 15 is 0 Å². The maximum Gasteiger partial charge on any atom is 0.422 e. The first kappa shape index (κ1) is 18.5. The van der Waals surface area contributed by atoms with Gasteiger partial charge in [0, 0.05) is 31.0 Å². The average molecular weight is 346 g/mol. The van der Waals surface area contributed by atoms with Gasteiger partial charge >= 0.3 is 6.18 Å². The molecule has 0 spiro atoms. The summed E-state index contributed by atoms with van der Waals surface area (Å²) in [5.41, 5.74) is 5.93. The van der Waals surface area contributed by atoms with Gasteiger partial charge in [0.1, 0.15) is 5.75 Å². The number of carbonyl (C=O) groups is 1. The number of halogens is 3. The smallest absolute Gasteiger partial charge is 0.422 e. The molecular formula is C16H21F3N2O3. The normalized spacial score (nSPS) is 17.4. The molecule has 1 fully saturated rings. The van der Waals surface area contributed by atoms with Gasteiger partial charge in [-0.25, -0.2) is 0 Å². The lowest BCUT2D eigenvalue weighted by molar-refractivity contribution is -0.153. The van der Waals surface area contributed by atoms with E-state index in [1.54, 1.807) is 13.0 Å². The summed E-state index contributed by atoms with van der Waals surface area (Å²) < 4.78 is 47.0. The number of nitrogens with one attached hydrogen (secondary N) is 1. The van der Waals surface area contributed by atoms with E-state index in [0.29, 0.717) is 37.3 Å². The van der Waals surface area contributed by atoms with Crippen molar-refractivity contribution in [2.24, 2.45) is 11.1 Å². The van der Waals surface area contributed by atoms with Crippen LogP contribution in [0.3, 0.4) is 0 Å². The number of nitrogens with two attached hydrogens (primary N) is 1. The van der Waals surface area contributed by atoms with Gasteiger partial charge in [0.2, 0.25) is 5.91 Å². The lowest BCUT2D eigenvalue weighted by Crippen LogP contribution is -2.46. The quantitative estimate of drug-likeness (QED) is 0.860. The fraction of sp³-hybridized carbons (Fsp3) is 0.562. The first-order valence-corrected chi connectivity index (χ1v) is 7.66. The number of ether oxygens (including phenoxy) is 2. The summed E-state index contributed by atoms with van der Waals surface area (Å²) in [6.07, 6.45) is -3.39. The van der Waals surface area contributed by atoms with Gasteiger partial charge in [0.25, 0.3) is 0 Å². The van der Waals surface area contributed by atoms with Crippen molar-refractivity contribution in [1.82, 2.24) is 0 Å². The number of alkyl halides is 3. The molecule has 1 saturated heterocycles. The third-order valence-corrected chi connectivity index (χ3v) is 4.25. The van der Waals surface area contributed by atoms with Crippen LogP contribution in [0.2, 0.25) is 0 Å². The van der Waals surface area contributed by atoms with E-state index in [0.717, 1.165) is 0 Å². The Morgan fingerprint density at radius 2 is 2.04 bits per heavy atom. The number of carbonyl (C=O) groups excluding carboxylic acids is 1. The van der Waals surface area contributed by atoms with Crippen LogP contribution in [0.15, 0.2) is 18.2 Å². The van der Waals surface area contributed by atoms with Crippen molar-refractivity contribution in [3.05, 3.63) is 23.8 Å². The number of hydrogen-bond acceptors (Lipinski definition) is 4. The highest BCUT2D eigenvalue weighted by Crippen LogP contribution is 2.33. The second-order valence-corrected chi connectivity index (χ2v) is 5.88.